The molecule has 0 spiro atoms. The van der Waals surface area contributed by atoms with E-state index in [4.69, 9.17) is 9.26 Å². The predicted molar refractivity (Wildman–Crippen MR) is 119 cm³/mol. The van der Waals surface area contributed by atoms with E-state index in [9.17, 15) is 4.79 Å². The highest BCUT2D eigenvalue weighted by molar-refractivity contribution is 5.97. The number of carbonyl (C=O) groups excluding carboxylic acids is 1. The van der Waals surface area contributed by atoms with E-state index in [2.05, 4.69) is 32.5 Å². The Kier molecular flexibility index (Phi) is 6.51. The molecule has 1 aliphatic heterocycles. The molecule has 4 rings (SSSR count). The first kappa shape index (κ1) is 21.3. The van der Waals surface area contributed by atoms with E-state index in [1.807, 2.05) is 32.0 Å². The summed E-state index contributed by atoms with van der Waals surface area (Å²) >= 11 is 0. The Bertz CT molecular complexity index is 1020. The summed E-state index contributed by atoms with van der Waals surface area (Å²) in [5.74, 6) is 0.889. The lowest BCUT2D eigenvalue weighted by Gasteiger charge is -2.35. The topological polar surface area (TPSA) is 80.5 Å². The summed E-state index contributed by atoms with van der Waals surface area (Å²) in [4.78, 5) is 19.7. The van der Waals surface area contributed by atoms with Crippen molar-refractivity contribution >= 4 is 17.0 Å². The summed E-state index contributed by atoms with van der Waals surface area (Å²) < 4.78 is 10.6. The number of aromatic nitrogens is 2. The lowest BCUT2D eigenvalue weighted by molar-refractivity contribution is 0.0924. The summed E-state index contributed by atoms with van der Waals surface area (Å²) in [5.41, 5.74) is 2.98. The van der Waals surface area contributed by atoms with Crippen LogP contribution in [0.2, 0.25) is 0 Å². The van der Waals surface area contributed by atoms with Gasteiger partial charge in [0, 0.05) is 12.7 Å². The Labute approximate surface area is 182 Å². The van der Waals surface area contributed by atoms with Gasteiger partial charge in [-0.25, -0.2) is 4.98 Å². The van der Waals surface area contributed by atoms with Crippen LogP contribution in [-0.4, -0.2) is 47.7 Å². The van der Waals surface area contributed by atoms with Gasteiger partial charge in [0.15, 0.2) is 0 Å². The highest BCUT2D eigenvalue weighted by atomic mass is 16.5. The van der Waals surface area contributed by atoms with Gasteiger partial charge >= 0.3 is 0 Å². The summed E-state index contributed by atoms with van der Waals surface area (Å²) in [7, 11) is 1.67. The van der Waals surface area contributed by atoms with E-state index in [0.717, 1.165) is 29.9 Å². The number of hydrogen-bond acceptors (Lipinski definition) is 6. The maximum atomic E-state index is 13.0. The maximum Gasteiger partial charge on any atom is 0.257 e. The molecular formula is C24H30N4O3. The molecule has 3 heterocycles. The van der Waals surface area contributed by atoms with Crippen molar-refractivity contribution in [1.82, 2.24) is 20.4 Å². The van der Waals surface area contributed by atoms with E-state index < -0.39 is 0 Å². The minimum atomic E-state index is -0.138. The van der Waals surface area contributed by atoms with E-state index in [1.54, 1.807) is 13.3 Å². The van der Waals surface area contributed by atoms with Crippen LogP contribution in [0.4, 0.5) is 0 Å². The molecule has 1 atom stereocenters. The van der Waals surface area contributed by atoms with Crippen LogP contribution in [-0.2, 0) is 0 Å². The van der Waals surface area contributed by atoms with Gasteiger partial charge in [0.05, 0.1) is 29.8 Å². The van der Waals surface area contributed by atoms with Crippen molar-refractivity contribution < 1.29 is 14.1 Å². The lowest BCUT2D eigenvalue weighted by Crippen LogP contribution is -2.40. The molecule has 1 unspecified atom stereocenters. The second-order valence-electron chi connectivity index (χ2n) is 8.39. The molecule has 7 nitrogen and oxygen atoms in total. The van der Waals surface area contributed by atoms with Gasteiger partial charge in [0.2, 0.25) is 0 Å². The predicted octanol–water partition coefficient (Wildman–Crippen LogP) is 4.31. The van der Waals surface area contributed by atoms with Gasteiger partial charge in [0.1, 0.15) is 5.75 Å². The number of amides is 1. The van der Waals surface area contributed by atoms with Crippen molar-refractivity contribution in [2.24, 2.45) is 0 Å². The molecule has 0 aliphatic carbocycles. The Hall–Kier alpha value is -2.93. The SMILES string of the molecule is COc1ccc(C(CNC(=O)c2cnc3onc(C(C)C)c3c2)N2CCCCC2)cc1. The van der Waals surface area contributed by atoms with Crippen molar-refractivity contribution in [2.45, 2.75) is 45.1 Å². The van der Waals surface area contributed by atoms with Crippen molar-refractivity contribution in [3.63, 3.8) is 0 Å². The van der Waals surface area contributed by atoms with Gasteiger partial charge in [-0.2, -0.15) is 0 Å². The van der Waals surface area contributed by atoms with Gasteiger partial charge in [-0.1, -0.05) is 37.6 Å². The van der Waals surface area contributed by atoms with E-state index >= 15 is 0 Å². The molecule has 2 aromatic heterocycles. The molecule has 1 amide bonds. The van der Waals surface area contributed by atoms with Crippen molar-refractivity contribution in [1.29, 1.82) is 0 Å². The van der Waals surface area contributed by atoms with Gasteiger partial charge in [0.25, 0.3) is 11.6 Å². The molecule has 1 saturated heterocycles. The van der Waals surface area contributed by atoms with Crippen molar-refractivity contribution in [3.05, 3.63) is 53.3 Å². The zero-order chi connectivity index (χ0) is 21.8. The molecule has 31 heavy (non-hydrogen) atoms. The second-order valence-corrected chi connectivity index (χ2v) is 8.39. The molecule has 0 radical (unpaired) electrons. The number of hydrogen-bond donors (Lipinski definition) is 1. The Morgan fingerprint density at radius 2 is 1.94 bits per heavy atom. The number of ether oxygens (including phenoxy) is 1. The third kappa shape index (κ3) is 4.71. The number of rotatable bonds is 7. The van der Waals surface area contributed by atoms with Crippen LogP contribution in [0.3, 0.4) is 0 Å². The quantitative estimate of drug-likeness (QED) is 0.611. The van der Waals surface area contributed by atoms with Crippen molar-refractivity contribution in [2.75, 3.05) is 26.7 Å². The molecule has 1 aliphatic rings. The average Bonchev–Trinajstić information content (AvgIpc) is 3.24. The highest BCUT2D eigenvalue weighted by Gasteiger charge is 2.24. The molecule has 3 aromatic rings. The maximum absolute atomic E-state index is 13.0. The van der Waals surface area contributed by atoms with Crippen molar-refractivity contribution in [3.8, 4) is 5.75 Å². The zero-order valence-electron chi connectivity index (χ0n) is 18.4. The largest absolute Gasteiger partial charge is 0.497 e. The number of piperidine rings is 1. The number of fused-ring (bicyclic) bond motifs is 1. The molecule has 1 N–H and O–H groups in total. The Balaban J connectivity index is 1.52. The number of likely N-dealkylation sites (tertiary alicyclic amines) is 1. The molecule has 0 bridgehead atoms. The van der Waals surface area contributed by atoms with Crippen LogP contribution < -0.4 is 10.1 Å². The summed E-state index contributed by atoms with van der Waals surface area (Å²) in [5, 5.41) is 8.02. The van der Waals surface area contributed by atoms with Crippen LogP contribution >= 0.6 is 0 Å². The molecule has 1 aromatic carbocycles. The van der Waals surface area contributed by atoms with E-state index in [1.165, 1.54) is 24.8 Å². The Morgan fingerprint density at radius 3 is 2.61 bits per heavy atom. The fourth-order valence-corrected chi connectivity index (χ4v) is 4.20. The van der Waals surface area contributed by atoms with Crippen LogP contribution in [0.15, 0.2) is 41.1 Å². The summed E-state index contributed by atoms with van der Waals surface area (Å²) in [6.45, 7) is 6.70. The smallest absolute Gasteiger partial charge is 0.257 e. The average molecular weight is 423 g/mol. The second kappa shape index (κ2) is 9.47. The third-order valence-electron chi connectivity index (χ3n) is 5.95. The van der Waals surface area contributed by atoms with Gasteiger partial charge in [-0.3, -0.25) is 9.69 Å². The van der Waals surface area contributed by atoms with Gasteiger partial charge < -0.3 is 14.6 Å². The first-order valence-corrected chi connectivity index (χ1v) is 11.0. The molecule has 0 saturated carbocycles. The van der Waals surface area contributed by atoms with Crippen LogP contribution in [0.5, 0.6) is 5.75 Å². The summed E-state index contributed by atoms with van der Waals surface area (Å²) in [6.07, 6.45) is 5.19. The first-order valence-electron chi connectivity index (χ1n) is 11.0. The van der Waals surface area contributed by atoms with Gasteiger partial charge in [-0.15, -0.1) is 0 Å². The normalized spacial score (nSPS) is 15.9. The van der Waals surface area contributed by atoms with Crippen LogP contribution in [0.1, 0.15) is 66.7 Å². The van der Waals surface area contributed by atoms with Gasteiger partial charge in [-0.05, 0) is 55.6 Å². The third-order valence-corrected chi connectivity index (χ3v) is 5.95. The summed E-state index contributed by atoms with van der Waals surface area (Å²) in [6, 6.07) is 10.1. The number of methoxy groups -OCH3 is 1. The first-order chi connectivity index (χ1) is 15.1. The van der Waals surface area contributed by atoms with E-state index in [-0.39, 0.29) is 17.9 Å². The lowest BCUT2D eigenvalue weighted by atomic mass is 10.0. The minimum absolute atomic E-state index is 0.119. The van der Waals surface area contributed by atoms with Crippen LogP contribution in [0, 0.1) is 0 Å². The molecule has 164 valence electrons. The molecule has 1 fully saturated rings. The van der Waals surface area contributed by atoms with Crippen LogP contribution in [0.25, 0.3) is 11.1 Å². The number of carbonyl (C=O) groups is 1. The number of nitrogens with one attached hydrogen (secondary N) is 1. The minimum Gasteiger partial charge on any atom is -0.497 e. The zero-order valence-corrected chi connectivity index (χ0v) is 18.4. The number of nitrogens with zero attached hydrogens (tertiary/aromatic N) is 3. The fourth-order valence-electron chi connectivity index (χ4n) is 4.20. The molecular weight excluding hydrogens is 392 g/mol. The molecule has 7 heteroatoms. The fraction of sp³-hybridized carbons (Fsp3) is 0.458. The highest BCUT2D eigenvalue weighted by Crippen LogP contribution is 2.27. The standard InChI is InChI=1S/C24H30N4O3/c1-16(2)22-20-13-18(14-26-24(20)31-27-22)23(29)25-15-21(28-11-5-4-6-12-28)17-7-9-19(30-3)10-8-17/h7-10,13-14,16,21H,4-6,11-12,15H2,1-3H3,(H,25,29). The number of benzene rings is 1. The monoisotopic (exact) mass is 422 g/mol. The van der Waals surface area contributed by atoms with E-state index in [0.29, 0.717) is 17.8 Å². The number of pyridine rings is 1. The Morgan fingerprint density at radius 1 is 1.19 bits per heavy atom.